The van der Waals surface area contributed by atoms with Gasteiger partial charge < -0.3 is 14.5 Å². The van der Waals surface area contributed by atoms with Crippen LogP contribution in [0.15, 0.2) is 42.5 Å². The van der Waals surface area contributed by atoms with Crippen molar-refractivity contribution in [2.45, 2.75) is 27.2 Å². The number of carbonyl (C=O) groups excluding carboxylic acids is 3. The number of hydrogen-bond donors (Lipinski definition) is 0. The van der Waals surface area contributed by atoms with Gasteiger partial charge in [0.05, 0.1) is 0 Å². The van der Waals surface area contributed by atoms with Crippen molar-refractivity contribution in [2.75, 3.05) is 26.2 Å². The SMILES string of the molecule is CC(=O)Oc1cccc(C(=O)N2CCCN(C(=O)c3ccc(C)c(C)c3)CC2)c1. The first kappa shape index (κ1) is 20.6. The molecule has 6 nitrogen and oxygen atoms in total. The summed E-state index contributed by atoms with van der Waals surface area (Å²) in [7, 11) is 0. The summed E-state index contributed by atoms with van der Waals surface area (Å²) in [4.78, 5) is 40.5. The van der Waals surface area contributed by atoms with Crippen molar-refractivity contribution >= 4 is 17.8 Å². The second-order valence-corrected chi connectivity index (χ2v) is 7.36. The van der Waals surface area contributed by atoms with Gasteiger partial charge in [0.1, 0.15) is 5.75 Å². The van der Waals surface area contributed by atoms with E-state index in [1.807, 2.05) is 36.9 Å². The molecule has 0 saturated carbocycles. The molecule has 1 fully saturated rings. The van der Waals surface area contributed by atoms with Crippen LogP contribution in [0.1, 0.15) is 45.2 Å². The lowest BCUT2D eigenvalue weighted by atomic mass is 10.1. The van der Waals surface area contributed by atoms with Crippen LogP contribution in [0.25, 0.3) is 0 Å². The largest absolute Gasteiger partial charge is 0.427 e. The molecule has 2 amide bonds. The highest BCUT2D eigenvalue weighted by Crippen LogP contribution is 2.18. The number of nitrogens with zero attached hydrogens (tertiary/aromatic N) is 2. The Balaban J connectivity index is 1.67. The van der Waals surface area contributed by atoms with Crippen LogP contribution in [0.2, 0.25) is 0 Å². The fourth-order valence-corrected chi connectivity index (χ4v) is 3.42. The Morgan fingerprint density at radius 1 is 0.793 bits per heavy atom. The molecule has 0 aliphatic carbocycles. The van der Waals surface area contributed by atoms with Gasteiger partial charge in [-0.05, 0) is 61.7 Å². The predicted octanol–water partition coefficient (Wildman–Crippen LogP) is 3.22. The first-order valence-corrected chi connectivity index (χ1v) is 9.79. The minimum absolute atomic E-state index is 0.000690. The molecule has 0 atom stereocenters. The van der Waals surface area contributed by atoms with Crippen molar-refractivity contribution in [3.8, 4) is 5.75 Å². The molecule has 6 heteroatoms. The molecule has 0 unspecified atom stereocenters. The van der Waals surface area contributed by atoms with Gasteiger partial charge in [-0.2, -0.15) is 0 Å². The third-order valence-corrected chi connectivity index (χ3v) is 5.17. The third kappa shape index (κ3) is 5.02. The van der Waals surface area contributed by atoms with Crippen LogP contribution in [0.4, 0.5) is 0 Å². The van der Waals surface area contributed by atoms with Crippen LogP contribution in [0.5, 0.6) is 5.75 Å². The summed E-state index contributed by atoms with van der Waals surface area (Å²) in [6, 6.07) is 12.4. The van der Waals surface area contributed by atoms with E-state index in [0.29, 0.717) is 49.5 Å². The molecule has 0 bridgehead atoms. The molecule has 0 aromatic heterocycles. The second kappa shape index (κ2) is 8.90. The van der Waals surface area contributed by atoms with E-state index < -0.39 is 5.97 Å². The number of esters is 1. The van der Waals surface area contributed by atoms with Gasteiger partial charge in [-0.25, -0.2) is 0 Å². The molecule has 152 valence electrons. The van der Waals surface area contributed by atoms with Crippen LogP contribution < -0.4 is 4.74 Å². The molecule has 1 heterocycles. The smallest absolute Gasteiger partial charge is 0.308 e. The molecule has 2 aromatic carbocycles. The van der Waals surface area contributed by atoms with E-state index in [-0.39, 0.29) is 11.8 Å². The summed E-state index contributed by atoms with van der Waals surface area (Å²) in [6.07, 6.45) is 0.714. The van der Waals surface area contributed by atoms with Crippen molar-refractivity contribution in [3.05, 3.63) is 64.7 Å². The monoisotopic (exact) mass is 394 g/mol. The van der Waals surface area contributed by atoms with Crippen molar-refractivity contribution in [3.63, 3.8) is 0 Å². The molecule has 1 saturated heterocycles. The van der Waals surface area contributed by atoms with E-state index >= 15 is 0 Å². The lowest BCUT2D eigenvalue weighted by Crippen LogP contribution is -2.37. The third-order valence-electron chi connectivity index (χ3n) is 5.17. The van der Waals surface area contributed by atoms with Crippen LogP contribution in [-0.2, 0) is 4.79 Å². The topological polar surface area (TPSA) is 66.9 Å². The molecule has 0 spiro atoms. The van der Waals surface area contributed by atoms with Crippen LogP contribution in [0.3, 0.4) is 0 Å². The summed E-state index contributed by atoms with van der Waals surface area (Å²) in [5.41, 5.74) is 3.40. The second-order valence-electron chi connectivity index (χ2n) is 7.36. The molecule has 2 aromatic rings. The lowest BCUT2D eigenvalue weighted by Gasteiger charge is -2.22. The van der Waals surface area contributed by atoms with Gasteiger partial charge >= 0.3 is 5.97 Å². The van der Waals surface area contributed by atoms with Gasteiger partial charge in [0.15, 0.2) is 0 Å². The molecular weight excluding hydrogens is 368 g/mol. The fraction of sp³-hybridized carbons (Fsp3) is 0.348. The van der Waals surface area contributed by atoms with Crippen LogP contribution >= 0.6 is 0 Å². The van der Waals surface area contributed by atoms with Gasteiger partial charge in [-0.3, -0.25) is 14.4 Å². The Kier molecular flexibility index (Phi) is 6.32. The number of amides is 2. The Hall–Kier alpha value is -3.15. The van der Waals surface area contributed by atoms with Crippen LogP contribution in [0, 0.1) is 13.8 Å². The first-order valence-electron chi connectivity index (χ1n) is 9.79. The van der Waals surface area contributed by atoms with Gasteiger partial charge in [-0.15, -0.1) is 0 Å². The lowest BCUT2D eigenvalue weighted by molar-refractivity contribution is -0.131. The number of aryl methyl sites for hydroxylation is 2. The zero-order valence-electron chi connectivity index (χ0n) is 17.1. The van der Waals surface area contributed by atoms with Crippen molar-refractivity contribution in [1.82, 2.24) is 9.80 Å². The van der Waals surface area contributed by atoms with Gasteiger partial charge in [0.25, 0.3) is 11.8 Å². The van der Waals surface area contributed by atoms with Crippen molar-refractivity contribution in [1.29, 1.82) is 0 Å². The Morgan fingerprint density at radius 2 is 1.41 bits per heavy atom. The molecular formula is C23H26N2O4. The molecule has 3 rings (SSSR count). The van der Waals surface area contributed by atoms with E-state index in [1.165, 1.54) is 6.92 Å². The highest BCUT2D eigenvalue weighted by molar-refractivity contribution is 5.96. The summed E-state index contributed by atoms with van der Waals surface area (Å²) in [6.45, 7) is 7.49. The van der Waals surface area contributed by atoms with E-state index in [2.05, 4.69) is 0 Å². The molecule has 0 N–H and O–H groups in total. The van der Waals surface area contributed by atoms with Gasteiger partial charge in [0, 0.05) is 44.2 Å². The number of benzene rings is 2. The van der Waals surface area contributed by atoms with E-state index in [9.17, 15) is 14.4 Å². The molecule has 1 aliphatic heterocycles. The quantitative estimate of drug-likeness (QED) is 0.592. The van der Waals surface area contributed by atoms with E-state index in [0.717, 1.165) is 11.1 Å². The summed E-state index contributed by atoms with van der Waals surface area (Å²) < 4.78 is 5.07. The highest BCUT2D eigenvalue weighted by Gasteiger charge is 2.24. The van der Waals surface area contributed by atoms with Crippen LogP contribution in [-0.4, -0.2) is 53.8 Å². The Morgan fingerprint density at radius 3 is 2.00 bits per heavy atom. The minimum Gasteiger partial charge on any atom is -0.427 e. The fourth-order valence-electron chi connectivity index (χ4n) is 3.42. The number of ether oxygens (including phenoxy) is 1. The zero-order chi connectivity index (χ0) is 21.0. The van der Waals surface area contributed by atoms with Crippen molar-refractivity contribution in [2.24, 2.45) is 0 Å². The van der Waals surface area contributed by atoms with Gasteiger partial charge in [-0.1, -0.05) is 12.1 Å². The zero-order valence-corrected chi connectivity index (χ0v) is 17.1. The first-order chi connectivity index (χ1) is 13.8. The minimum atomic E-state index is -0.426. The average Bonchev–Trinajstić information content (AvgIpc) is 2.95. The maximum atomic E-state index is 12.9. The summed E-state index contributed by atoms with van der Waals surface area (Å²) in [5.74, 6) is -0.201. The van der Waals surface area contributed by atoms with E-state index in [1.54, 1.807) is 29.2 Å². The number of carbonyl (C=O) groups is 3. The highest BCUT2D eigenvalue weighted by atomic mass is 16.5. The normalized spacial score (nSPS) is 14.3. The molecule has 29 heavy (non-hydrogen) atoms. The maximum Gasteiger partial charge on any atom is 0.308 e. The average molecular weight is 394 g/mol. The summed E-state index contributed by atoms with van der Waals surface area (Å²) >= 11 is 0. The predicted molar refractivity (Wildman–Crippen MR) is 110 cm³/mol. The van der Waals surface area contributed by atoms with Crippen molar-refractivity contribution < 1.29 is 19.1 Å². The number of rotatable bonds is 3. The molecule has 1 aliphatic rings. The standard InChI is InChI=1S/C23H26N2O4/c1-16-8-9-20(14-17(16)2)23(28)25-11-5-10-24(12-13-25)22(27)19-6-4-7-21(15-19)29-18(3)26/h4,6-9,14-15H,5,10-13H2,1-3H3. The molecule has 0 radical (unpaired) electrons. The number of hydrogen-bond acceptors (Lipinski definition) is 4. The van der Waals surface area contributed by atoms with Gasteiger partial charge in [0.2, 0.25) is 0 Å². The Bertz CT molecular complexity index is 938. The summed E-state index contributed by atoms with van der Waals surface area (Å²) in [5, 5.41) is 0. The maximum absolute atomic E-state index is 12.9. The Labute approximate surface area is 171 Å². The van der Waals surface area contributed by atoms with E-state index in [4.69, 9.17) is 4.74 Å².